The largest absolute Gasteiger partial charge is 0.476 e. The number of hydrogen-bond acceptors (Lipinski definition) is 5. The predicted molar refractivity (Wildman–Crippen MR) is 86.2 cm³/mol. The number of benzene rings is 1. The lowest BCUT2D eigenvalue weighted by atomic mass is 10.0. The molecule has 0 saturated carbocycles. The highest BCUT2D eigenvalue weighted by Crippen LogP contribution is 2.13. The van der Waals surface area contributed by atoms with Gasteiger partial charge >= 0.3 is 5.97 Å². The molecule has 0 saturated heterocycles. The van der Waals surface area contributed by atoms with Crippen molar-refractivity contribution in [2.24, 2.45) is 5.92 Å². The smallest absolute Gasteiger partial charge is 0.356 e. The van der Waals surface area contributed by atoms with Crippen molar-refractivity contribution in [2.75, 3.05) is 17.2 Å². The van der Waals surface area contributed by atoms with Crippen LogP contribution < -0.4 is 10.6 Å². The molecule has 1 atom stereocenters. The van der Waals surface area contributed by atoms with Crippen molar-refractivity contribution in [2.45, 2.75) is 19.9 Å². The first-order valence-electron chi connectivity index (χ1n) is 7.17. The van der Waals surface area contributed by atoms with Crippen LogP contribution in [0.2, 0.25) is 0 Å². The highest BCUT2D eigenvalue weighted by Gasteiger charge is 2.13. The first kappa shape index (κ1) is 15.8. The van der Waals surface area contributed by atoms with Gasteiger partial charge in [-0.15, -0.1) is 0 Å². The average molecular weight is 300 g/mol. The topological polar surface area (TPSA) is 87.1 Å². The molecule has 116 valence electrons. The van der Waals surface area contributed by atoms with Crippen LogP contribution in [-0.2, 0) is 0 Å². The Morgan fingerprint density at radius 3 is 2.45 bits per heavy atom. The van der Waals surface area contributed by atoms with Gasteiger partial charge in [-0.2, -0.15) is 0 Å². The van der Waals surface area contributed by atoms with E-state index in [4.69, 9.17) is 5.11 Å². The zero-order valence-electron chi connectivity index (χ0n) is 12.7. The lowest BCUT2D eigenvalue weighted by molar-refractivity contribution is 0.0690. The van der Waals surface area contributed by atoms with E-state index in [9.17, 15) is 4.79 Å². The van der Waals surface area contributed by atoms with Gasteiger partial charge in [0.15, 0.2) is 5.69 Å². The molecule has 1 aromatic heterocycles. The Morgan fingerprint density at radius 1 is 1.18 bits per heavy atom. The molecular formula is C16H20N4O2. The summed E-state index contributed by atoms with van der Waals surface area (Å²) in [6, 6.07) is 10.2. The molecule has 0 radical (unpaired) electrons. The van der Waals surface area contributed by atoms with E-state index in [0.29, 0.717) is 18.3 Å². The quantitative estimate of drug-likeness (QED) is 0.729. The summed E-state index contributed by atoms with van der Waals surface area (Å²) < 4.78 is 0. The Kier molecular flexibility index (Phi) is 5.30. The molecule has 6 nitrogen and oxygen atoms in total. The minimum absolute atomic E-state index is 0.0617. The van der Waals surface area contributed by atoms with Crippen LogP contribution in [0.1, 0.15) is 24.3 Å². The van der Waals surface area contributed by atoms with Gasteiger partial charge in [-0.1, -0.05) is 32.0 Å². The van der Waals surface area contributed by atoms with E-state index >= 15 is 0 Å². The van der Waals surface area contributed by atoms with Crippen molar-refractivity contribution in [3.8, 4) is 0 Å². The lowest BCUT2D eigenvalue weighted by Crippen LogP contribution is -2.33. The van der Waals surface area contributed by atoms with Gasteiger partial charge in [0.2, 0.25) is 0 Å². The summed E-state index contributed by atoms with van der Waals surface area (Å²) in [6.45, 7) is 4.94. The first-order chi connectivity index (χ1) is 10.6. The fourth-order valence-corrected chi connectivity index (χ4v) is 1.95. The SMILES string of the molecule is CC(C)C(CNc1cnc(C(=O)O)cn1)Nc1ccccc1. The van der Waals surface area contributed by atoms with Gasteiger partial charge in [-0.05, 0) is 18.1 Å². The Morgan fingerprint density at radius 2 is 1.91 bits per heavy atom. The average Bonchev–Trinajstić information content (AvgIpc) is 2.52. The van der Waals surface area contributed by atoms with Gasteiger partial charge < -0.3 is 15.7 Å². The van der Waals surface area contributed by atoms with Gasteiger partial charge in [0.05, 0.1) is 12.4 Å². The van der Waals surface area contributed by atoms with Crippen molar-refractivity contribution >= 4 is 17.5 Å². The molecule has 22 heavy (non-hydrogen) atoms. The fraction of sp³-hybridized carbons (Fsp3) is 0.312. The van der Waals surface area contributed by atoms with Crippen LogP contribution in [0.5, 0.6) is 0 Å². The Hall–Kier alpha value is -2.63. The number of nitrogens with zero attached hydrogens (tertiary/aromatic N) is 2. The fourth-order valence-electron chi connectivity index (χ4n) is 1.95. The van der Waals surface area contributed by atoms with E-state index in [2.05, 4.69) is 34.4 Å². The Labute approximate surface area is 129 Å². The van der Waals surface area contributed by atoms with Crippen molar-refractivity contribution < 1.29 is 9.90 Å². The number of aromatic carboxylic acids is 1. The summed E-state index contributed by atoms with van der Waals surface area (Å²) in [6.07, 6.45) is 2.68. The molecule has 3 N–H and O–H groups in total. The number of para-hydroxylation sites is 1. The zero-order valence-corrected chi connectivity index (χ0v) is 12.7. The minimum atomic E-state index is -1.08. The van der Waals surface area contributed by atoms with Gasteiger partial charge in [0.25, 0.3) is 0 Å². The number of carboxylic acid groups (broad SMARTS) is 1. The maximum Gasteiger partial charge on any atom is 0.356 e. The van der Waals surface area contributed by atoms with E-state index in [0.717, 1.165) is 5.69 Å². The highest BCUT2D eigenvalue weighted by atomic mass is 16.4. The van der Waals surface area contributed by atoms with Crippen LogP contribution >= 0.6 is 0 Å². The standard InChI is InChI=1S/C16H20N4O2/c1-11(2)13(20-12-6-4-3-5-7-12)8-18-15-10-17-14(9-19-15)16(21)22/h3-7,9-11,13,20H,8H2,1-2H3,(H,18,19)(H,21,22). The number of aromatic nitrogens is 2. The van der Waals surface area contributed by atoms with Gasteiger partial charge in [-0.25, -0.2) is 14.8 Å². The number of anilines is 2. The molecule has 6 heteroatoms. The lowest BCUT2D eigenvalue weighted by Gasteiger charge is -2.24. The third-order valence-corrected chi connectivity index (χ3v) is 3.30. The Balaban J connectivity index is 1.95. The van der Waals surface area contributed by atoms with Gasteiger partial charge in [0, 0.05) is 18.3 Å². The number of rotatable bonds is 7. The number of carboxylic acids is 1. The molecule has 2 rings (SSSR count). The summed E-state index contributed by atoms with van der Waals surface area (Å²) in [5.74, 6) is -0.102. The van der Waals surface area contributed by atoms with Gasteiger partial charge in [0.1, 0.15) is 5.82 Å². The third kappa shape index (κ3) is 4.44. The molecule has 0 fully saturated rings. The van der Waals surface area contributed by atoms with Crippen molar-refractivity contribution in [3.05, 3.63) is 48.4 Å². The molecule has 1 unspecified atom stereocenters. The first-order valence-corrected chi connectivity index (χ1v) is 7.17. The summed E-state index contributed by atoms with van der Waals surface area (Å²) >= 11 is 0. The Bertz CT molecular complexity index is 599. The van der Waals surface area contributed by atoms with Crippen molar-refractivity contribution in [1.82, 2.24) is 9.97 Å². The molecule has 0 aliphatic heterocycles. The molecule has 0 spiro atoms. The van der Waals surface area contributed by atoms with Crippen LogP contribution in [0.3, 0.4) is 0 Å². The molecule has 0 bridgehead atoms. The second-order valence-corrected chi connectivity index (χ2v) is 5.33. The molecule has 1 aromatic carbocycles. The van der Waals surface area contributed by atoms with E-state index in [1.165, 1.54) is 12.4 Å². The monoisotopic (exact) mass is 300 g/mol. The summed E-state index contributed by atoms with van der Waals surface area (Å²) in [5.41, 5.74) is 1.00. The molecular weight excluding hydrogens is 280 g/mol. The summed E-state index contributed by atoms with van der Waals surface area (Å²) in [4.78, 5) is 18.6. The molecule has 0 aliphatic carbocycles. The van der Waals surface area contributed by atoms with E-state index < -0.39 is 5.97 Å². The van der Waals surface area contributed by atoms with Crippen LogP contribution in [0.4, 0.5) is 11.5 Å². The van der Waals surface area contributed by atoms with Crippen LogP contribution in [-0.4, -0.2) is 33.6 Å². The second kappa shape index (κ2) is 7.40. The van der Waals surface area contributed by atoms with Crippen LogP contribution in [0, 0.1) is 5.92 Å². The van der Waals surface area contributed by atoms with E-state index in [1.807, 2.05) is 30.3 Å². The number of hydrogen-bond donors (Lipinski definition) is 3. The normalized spacial score (nSPS) is 12.0. The molecule has 1 heterocycles. The van der Waals surface area contributed by atoms with E-state index in [-0.39, 0.29) is 11.7 Å². The minimum Gasteiger partial charge on any atom is -0.476 e. The van der Waals surface area contributed by atoms with Crippen molar-refractivity contribution in [1.29, 1.82) is 0 Å². The molecule has 0 aliphatic rings. The van der Waals surface area contributed by atoms with Gasteiger partial charge in [-0.3, -0.25) is 0 Å². The van der Waals surface area contributed by atoms with E-state index in [1.54, 1.807) is 0 Å². The maximum absolute atomic E-state index is 10.7. The summed E-state index contributed by atoms with van der Waals surface area (Å²) in [7, 11) is 0. The third-order valence-electron chi connectivity index (χ3n) is 3.30. The van der Waals surface area contributed by atoms with Crippen LogP contribution in [0.25, 0.3) is 0 Å². The maximum atomic E-state index is 10.7. The number of nitrogens with one attached hydrogen (secondary N) is 2. The van der Waals surface area contributed by atoms with Crippen LogP contribution in [0.15, 0.2) is 42.7 Å². The molecule has 0 amide bonds. The molecule has 2 aromatic rings. The summed E-state index contributed by atoms with van der Waals surface area (Å²) in [5, 5.41) is 15.5. The second-order valence-electron chi connectivity index (χ2n) is 5.33. The number of carbonyl (C=O) groups is 1. The van der Waals surface area contributed by atoms with Crippen molar-refractivity contribution in [3.63, 3.8) is 0 Å². The highest BCUT2D eigenvalue weighted by molar-refractivity contribution is 5.84. The zero-order chi connectivity index (χ0) is 15.9. The predicted octanol–water partition coefficient (Wildman–Crippen LogP) is 2.72.